The lowest BCUT2D eigenvalue weighted by Gasteiger charge is -2.21. The molecule has 1 rings (SSSR count). The number of likely N-dealkylation sites (tertiary alicyclic amines) is 1. The maximum atomic E-state index is 11.8. The largest absolute Gasteiger partial charge is 0.466 e. The standard InChI is InChI=1S/C21H39NO3/c1-3-4-5-6-7-8-9-10-11-12-18-25-21(24)15-17-22-16-13-14-20(22)19(2)23/h20H,3-18H2,1-2H3. The summed E-state index contributed by atoms with van der Waals surface area (Å²) in [6.07, 6.45) is 15.2. The molecule has 0 aromatic carbocycles. The number of carbonyl (C=O) groups is 2. The van der Waals surface area contributed by atoms with Crippen molar-refractivity contribution in [2.45, 2.75) is 103 Å². The van der Waals surface area contributed by atoms with Crippen LogP contribution in [0.1, 0.15) is 97.3 Å². The molecule has 1 fully saturated rings. The van der Waals surface area contributed by atoms with E-state index in [1.807, 2.05) is 0 Å². The lowest BCUT2D eigenvalue weighted by atomic mass is 10.1. The van der Waals surface area contributed by atoms with Crippen molar-refractivity contribution < 1.29 is 14.3 Å². The number of ketones is 1. The van der Waals surface area contributed by atoms with E-state index in [-0.39, 0.29) is 17.8 Å². The van der Waals surface area contributed by atoms with Gasteiger partial charge in [-0.1, -0.05) is 64.7 Å². The predicted octanol–water partition coefficient (Wildman–Crippen LogP) is 4.89. The number of nitrogens with zero attached hydrogens (tertiary/aromatic N) is 1. The van der Waals surface area contributed by atoms with Gasteiger partial charge in [0.1, 0.15) is 5.78 Å². The summed E-state index contributed by atoms with van der Waals surface area (Å²) in [6.45, 7) is 6.02. The number of hydrogen-bond acceptors (Lipinski definition) is 4. The first-order chi connectivity index (χ1) is 12.1. The molecule has 0 aromatic heterocycles. The number of ether oxygens (including phenoxy) is 1. The van der Waals surface area contributed by atoms with Crippen LogP contribution in [-0.2, 0) is 14.3 Å². The topological polar surface area (TPSA) is 46.6 Å². The summed E-state index contributed by atoms with van der Waals surface area (Å²) in [5.74, 6) is 0.0985. The van der Waals surface area contributed by atoms with E-state index in [0.717, 1.165) is 32.2 Å². The third-order valence-electron chi connectivity index (χ3n) is 5.20. The van der Waals surface area contributed by atoms with E-state index in [2.05, 4.69) is 11.8 Å². The normalized spacial score (nSPS) is 17.8. The van der Waals surface area contributed by atoms with Gasteiger partial charge in [0.05, 0.1) is 19.1 Å². The number of carbonyl (C=O) groups excluding carboxylic acids is 2. The van der Waals surface area contributed by atoms with E-state index in [1.54, 1.807) is 6.92 Å². The monoisotopic (exact) mass is 353 g/mol. The van der Waals surface area contributed by atoms with Gasteiger partial charge in [0, 0.05) is 6.54 Å². The van der Waals surface area contributed by atoms with Crippen LogP contribution in [0.2, 0.25) is 0 Å². The fraction of sp³-hybridized carbons (Fsp3) is 0.905. The Labute approximate surface area is 154 Å². The van der Waals surface area contributed by atoms with Crippen LogP contribution in [0.3, 0.4) is 0 Å². The highest BCUT2D eigenvalue weighted by atomic mass is 16.5. The van der Waals surface area contributed by atoms with Gasteiger partial charge in [0.25, 0.3) is 0 Å². The molecule has 0 amide bonds. The molecule has 25 heavy (non-hydrogen) atoms. The minimum Gasteiger partial charge on any atom is -0.466 e. The molecule has 0 bridgehead atoms. The summed E-state index contributed by atoms with van der Waals surface area (Å²) >= 11 is 0. The van der Waals surface area contributed by atoms with Gasteiger partial charge in [0.2, 0.25) is 0 Å². The van der Waals surface area contributed by atoms with Crippen molar-refractivity contribution in [3.05, 3.63) is 0 Å². The highest BCUT2D eigenvalue weighted by Gasteiger charge is 2.28. The molecule has 1 aliphatic rings. The summed E-state index contributed by atoms with van der Waals surface area (Å²) in [5, 5.41) is 0. The van der Waals surface area contributed by atoms with Crippen molar-refractivity contribution in [1.82, 2.24) is 4.90 Å². The lowest BCUT2D eigenvalue weighted by molar-refractivity contribution is -0.144. The van der Waals surface area contributed by atoms with Crippen LogP contribution in [0.15, 0.2) is 0 Å². The molecule has 0 radical (unpaired) electrons. The molecule has 0 spiro atoms. The van der Waals surface area contributed by atoms with Gasteiger partial charge in [-0.05, 0) is 32.7 Å². The Bertz CT molecular complexity index is 370. The van der Waals surface area contributed by atoms with Crippen LogP contribution < -0.4 is 0 Å². The summed E-state index contributed by atoms with van der Waals surface area (Å²) in [5.41, 5.74) is 0. The molecule has 1 unspecified atom stereocenters. The van der Waals surface area contributed by atoms with Gasteiger partial charge < -0.3 is 4.74 Å². The minimum atomic E-state index is -0.120. The summed E-state index contributed by atoms with van der Waals surface area (Å²) in [7, 11) is 0. The zero-order valence-electron chi connectivity index (χ0n) is 16.6. The first-order valence-corrected chi connectivity index (χ1v) is 10.5. The third-order valence-corrected chi connectivity index (χ3v) is 5.20. The Kier molecular flexibility index (Phi) is 12.7. The smallest absolute Gasteiger partial charge is 0.307 e. The fourth-order valence-corrected chi connectivity index (χ4v) is 3.64. The molecule has 1 heterocycles. The molecule has 1 saturated heterocycles. The first-order valence-electron chi connectivity index (χ1n) is 10.5. The predicted molar refractivity (Wildman–Crippen MR) is 103 cm³/mol. The SMILES string of the molecule is CCCCCCCCCCCCOC(=O)CCN1CCCC1C(C)=O. The van der Waals surface area contributed by atoms with E-state index in [1.165, 1.54) is 51.4 Å². The summed E-state index contributed by atoms with van der Waals surface area (Å²) in [6, 6.07) is 0.0229. The number of unbranched alkanes of at least 4 members (excludes halogenated alkanes) is 9. The van der Waals surface area contributed by atoms with Crippen molar-refractivity contribution in [3.63, 3.8) is 0 Å². The van der Waals surface area contributed by atoms with Gasteiger partial charge in [-0.2, -0.15) is 0 Å². The third kappa shape index (κ3) is 10.6. The Morgan fingerprint density at radius 3 is 2.16 bits per heavy atom. The Hall–Kier alpha value is -0.900. The molecule has 0 aliphatic carbocycles. The average molecular weight is 354 g/mol. The second-order valence-electron chi connectivity index (χ2n) is 7.46. The minimum absolute atomic E-state index is 0.0229. The Morgan fingerprint density at radius 1 is 0.960 bits per heavy atom. The van der Waals surface area contributed by atoms with Crippen LogP contribution in [-0.4, -0.2) is 42.4 Å². The lowest BCUT2D eigenvalue weighted by Crippen LogP contribution is -2.36. The number of Topliss-reactive ketones (excluding diaryl/α,β-unsaturated/α-hetero) is 1. The van der Waals surface area contributed by atoms with Crippen LogP contribution in [0, 0.1) is 0 Å². The van der Waals surface area contributed by atoms with E-state index >= 15 is 0 Å². The zero-order valence-corrected chi connectivity index (χ0v) is 16.6. The van der Waals surface area contributed by atoms with Crippen LogP contribution in [0.25, 0.3) is 0 Å². The first kappa shape index (κ1) is 22.1. The molecule has 0 saturated carbocycles. The molecule has 4 nitrogen and oxygen atoms in total. The van der Waals surface area contributed by atoms with Gasteiger partial charge in [0.15, 0.2) is 0 Å². The quantitative estimate of drug-likeness (QED) is 0.310. The number of hydrogen-bond donors (Lipinski definition) is 0. The van der Waals surface area contributed by atoms with E-state index < -0.39 is 0 Å². The average Bonchev–Trinajstić information content (AvgIpc) is 3.06. The van der Waals surface area contributed by atoms with Gasteiger partial charge in [-0.25, -0.2) is 0 Å². The van der Waals surface area contributed by atoms with Crippen molar-refractivity contribution in [1.29, 1.82) is 0 Å². The molecule has 0 aromatic rings. The van der Waals surface area contributed by atoms with Gasteiger partial charge in [-0.3, -0.25) is 14.5 Å². The second kappa shape index (κ2) is 14.3. The molecule has 1 atom stereocenters. The second-order valence-corrected chi connectivity index (χ2v) is 7.46. The molecule has 1 aliphatic heterocycles. The highest BCUT2D eigenvalue weighted by molar-refractivity contribution is 5.81. The van der Waals surface area contributed by atoms with Gasteiger partial charge >= 0.3 is 5.97 Å². The van der Waals surface area contributed by atoms with Crippen molar-refractivity contribution >= 4 is 11.8 Å². The summed E-state index contributed by atoms with van der Waals surface area (Å²) < 4.78 is 5.32. The number of rotatable bonds is 15. The molecule has 4 heteroatoms. The zero-order chi connectivity index (χ0) is 18.3. The molecule has 146 valence electrons. The van der Waals surface area contributed by atoms with E-state index in [9.17, 15) is 9.59 Å². The van der Waals surface area contributed by atoms with E-state index in [0.29, 0.717) is 19.6 Å². The molecular weight excluding hydrogens is 314 g/mol. The van der Waals surface area contributed by atoms with E-state index in [4.69, 9.17) is 4.74 Å². The van der Waals surface area contributed by atoms with Crippen LogP contribution >= 0.6 is 0 Å². The van der Waals surface area contributed by atoms with Crippen molar-refractivity contribution in [2.24, 2.45) is 0 Å². The van der Waals surface area contributed by atoms with Crippen molar-refractivity contribution in [3.8, 4) is 0 Å². The van der Waals surface area contributed by atoms with Crippen molar-refractivity contribution in [2.75, 3.05) is 19.7 Å². The van der Waals surface area contributed by atoms with Crippen LogP contribution in [0.4, 0.5) is 0 Å². The molecule has 0 N–H and O–H groups in total. The Morgan fingerprint density at radius 2 is 1.56 bits per heavy atom. The van der Waals surface area contributed by atoms with Gasteiger partial charge in [-0.15, -0.1) is 0 Å². The summed E-state index contributed by atoms with van der Waals surface area (Å²) in [4.78, 5) is 25.5. The Balaban J connectivity index is 1.90. The number of esters is 1. The van der Waals surface area contributed by atoms with Crippen LogP contribution in [0.5, 0.6) is 0 Å². The molecular formula is C21H39NO3. The fourth-order valence-electron chi connectivity index (χ4n) is 3.64. The maximum absolute atomic E-state index is 11.8. The maximum Gasteiger partial charge on any atom is 0.307 e. The highest BCUT2D eigenvalue weighted by Crippen LogP contribution is 2.18.